The van der Waals surface area contributed by atoms with Gasteiger partial charge in [0.2, 0.25) is 0 Å². The van der Waals surface area contributed by atoms with E-state index >= 15 is 0 Å². The van der Waals surface area contributed by atoms with Crippen LogP contribution in [0.4, 0.5) is 5.82 Å². The Morgan fingerprint density at radius 2 is 2.20 bits per heavy atom. The van der Waals surface area contributed by atoms with Gasteiger partial charge in [-0.15, -0.1) is 6.58 Å². The van der Waals surface area contributed by atoms with Crippen molar-refractivity contribution >= 4 is 16.6 Å². The van der Waals surface area contributed by atoms with Gasteiger partial charge in [0.05, 0.1) is 5.69 Å². The highest BCUT2D eigenvalue weighted by atomic mass is 15.2. The van der Waals surface area contributed by atoms with E-state index in [1.807, 2.05) is 13.1 Å². The molecular weight excluding hydrogens is 246 g/mol. The number of hydrogen-bond acceptors (Lipinski definition) is 3. The summed E-state index contributed by atoms with van der Waals surface area (Å²) in [6.07, 6.45) is 4.50. The third-order valence-corrected chi connectivity index (χ3v) is 3.72. The molecule has 0 spiro atoms. The molecule has 1 aromatic heterocycles. The van der Waals surface area contributed by atoms with E-state index in [2.05, 4.69) is 47.1 Å². The Hall–Kier alpha value is -1.87. The Balaban J connectivity index is 2.12. The van der Waals surface area contributed by atoms with E-state index in [1.54, 1.807) is 0 Å². The third-order valence-electron chi connectivity index (χ3n) is 3.72. The first-order valence-corrected chi connectivity index (χ1v) is 7.24. The maximum atomic E-state index is 4.89. The first-order valence-electron chi connectivity index (χ1n) is 7.24. The van der Waals surface area contributed by atoms with Crippen LogP contribution in [0.3, 0.4) is 0 Å². The molecule has 0 unspecified atom stereocenters. The molecule has 1 aromatic carbocycles. The Morgan fingerprint density at radius 1 is 1.40 bits per heavy atom. The zero-order chi connectivity index (χ0) is 13.9. The lowest BCUT2D eigenvalue weighted by Crippen LogP contribution is -2.27. The molecule has 1 heterocycles. The quantitative estimate of drug-likeness (QED) is 0.815. The predicted molar refractivity (Wildman–Crippen MR) is 85.1 cm³/mol. The third kappa shape index (κ3) is 2.54. The van der Waals surface area contributed by atoms with Crippen LogP contribution in [0.25, 0.3) is 10.8 Å². The largest absolute Gasteiger partial charge is 0.349 e. The molecular formula is C17H21N3. The van der Waals surface area contributed by atoms with Crippen molar-refractivity contribution in [3.05, 3.63) is 48.7 Å². The number of fused-ring (bicyclic) bond motifs is 1. The van der Waals surface area contributed by atoms with Crippen molar-refractivity contribution in [2.45, 2.75) is 25.4 Å². The van der Waals surface area contributed by atoms with Gasteiger partial charge < -0.3 is 10.2 Å². The Morgan fingerprint density at radius 3 is 2.90 bits per heavy atom. The second-order valence-corrected chi connectivity index (χ2v) is 5.36. The van der Waals surface area contributed by atoms with Gasteiger partial charge in [0.15, 0.2) is 0 Å². The molecule has 0 amide bonds. The van der Waals surface area contributed by atoms with Gasteiger partial charge >= 0.3 is 0 Å². The lowest BCUT2D eigenvalue weighted by molar-refractivity contribution is 0.780. The van der Waals surface area contributed by atoms with E-state index in [1.165, 1.54) is 23.6 Å². The molecule has 0 saturated heterocycles. The number of rotatable bonds is 6. The molecule has 1 fully saturated rings. The normalized spacial score (nSPS) is 14.4. The summed E-state index contributed by atoms with van der Waals surface area (Å²) >= 11 is 0. The van der Waals surface area contributed by atoms with Gasteiger partial charge in [0.1, 0.15) is 5.82 Å². The fourth-order valence-electron chi connectivity index (χ4n) is 2.66. The lowest BCUT2D eigenvalue weighted by Gasteiger charge is -2.24. The average molecular weight is 267 g/mol. The molecule has 1 aliphatic carbocycles. The van der Waals surface area contributed by atoms with E-state index < -0.39 is 0 Å². The van der Waals surface area contributed by atoms with Gasteiger partial charge in [0.25, 0.3) is 0 Å². The van der Waals surface area contributed by atoms with Crippen LogP contribution in [0, 0.1) is 0 Å². The molecule has 0 bridgehead atoms. The minimum absolute atomic E-state index is 0.633. The molecule has 3 heteroatoms. The standard InChI is InChI=1S/C17H21N3/c1-3-10-20(15-8-9-15)17-16-7-5-4-6-13(16)11-14(19-17)12-18-2/h3-7,11,15,18H,1,8-10,12H2,2H3. The van der Waals surface area contributed by atoms with Crippen LogP contribution in [-0.2, 0) is 6.54 Å². The highest BCUT2D eigenvalue weighted by Gasteiger charge is 2.30. The first kappa shape index (κ1) is 13.1. The van der Waals surface area contributed by atoms with Crippen molar-refractivity contribution in [1.29, 1.82) is 0 Å². The zero-order valence-electron chi connectivity index (χ0n) is 12.0. The predicted octanol–water partition coefficient (Wildman–Crippen LogP) is 3.11. The molecule has 104 valence electrons. The van der Waals surface area contributed by atoms with Crippen molar-refractivity contribution in [2.24, 2.45) is 0 Å². The number of nitrogens with one attached hydrogen (secondary N) is 1. The molecule has 2 aromatic rings. The summed E-state index contributed by atoms with van der Waals surface area (Å²) in [7, 11) is 1.96. The van der Waals surface area contributed by atoms with Crippen LogP contribution in [-0.4, -0.2) is 24.6 Å². The van der Waals surface area contributed by atoms with Gasteiger partial charge in [-0.3, -0.25) is 0 Å². The highest BCUT2D eigenvalue weighted by molar-refractivity contribution is 5.92. The van der Waals surface area contributed by atoms with Crippen LogP contribution in [0.2, 0.25) is 0 Å². The van der Waals surface area contributed by atoms with Crippen LogP contribution in [0.1, 0.15) is 18.5 Å². The van der Waals surface area contributed by atoms with Crippen LogP contribution in [0.15, 0.2) is 43.0 Å². The first-order chi connectivity index (χ1) is 9.83. The molecule has 1 saturated carbocycles. The van der Waals surface area contributed by atoms with E-state index in [0.717, 1.165) is 24.6 Å². The SMILES string of the molecule is C=CCN(c1nc(CNC)cc2ccccc12)C1CC1. The smallest absolute Gasteiger partial charge is 0.137 e. The molecule has 0 aliphatic heterocycles. The number of pyridine rings is 1. The second kappa shape index (κ2) is 5.63. The van der Waals surface area contributed by atoms with E-state index in [9.17, 15) is 0 Å². The summed E-state index contributed by atoms with van der Waals surface area (Å²) in [5, 5.41) is 5.69. The molecule has 3 rings (SSSR count). The van der Waals surface area contributed by atoms with E-state index in [4.69, 9.17) is 4.98 Å². The molecule has 20 heavy (non-hydrogen) atoms. The number of anilines is 1. The van der Waals surface area contributed by atoms with Crippen molar-refractivity contribution in [2.75, 3.05) is 18.5 Å². The Bertz CT molecular complexity index is 617. The second-order valence-electron chi connectivity index (χ2n) is 5.36. The van der Waals surface area contributed by atoms with Gasteiger partial charge in [-0.1, -0.05) is 30.3 Å². The topological polar surface area (TPSA) is 28.2 Å². The highest BCUT2D eigenvalue weighted by Crippen LogP contribution is 2.34. The Labute approximate surface area is 120 Å². The molecule has 1 N–H and O–H groups in total. The van der Waals surface area contributed by atoms with Crippen LogP contribution >= 0.6 is 0 Å². The van der Waals surface area contributed by atoms with Crippen molar-refractivity contribution in [1.82, 2.24) is 10.3 Å². The van der Waals surface area contributed by atoms with Gasteiger partial charge in [0, 0.05) is 24.5 Å². The summed E-state index contributed by atoms with van der Waals surface area (Å²) in [5.41, 5.74) is 1.09. The van der Waals surface area contributed by atoms with Crippen molar-refractivity contribution in [3.63, 3.8) is 0 Å². The summed E-state index contributed by atoms with van der Waals surface area (Å²) < 4.78 is 0. The fourth-order valence-corrected chi connectivity index (χ4v) is 2.66. The number of hydrogen-bond donors (Lipinski definition) is 1. The minimum Gasteiger partial charge on any atom is -0.349 e. The fraction of sp³-hybridized carbons (Fsp3) is 0.353. The zero-order valence-corrected chi connectivity index (χ0v) is 12.0. The van der Waals surface area contributed by atoms with Gasteiger partial charge in [-0.2, -0.15) is 0 Å². The summed E-state index contributed by atoms with van der Waals surface area (Å²) in [4.78, 5) is 7.28. The molecule has 3 nitrogen and oxygen atoms in total. The van der Waals surface area contributed by atoms with Gasteiger partial charge in [-0.25, -0.2) is 4.98 Å². The molecule has 0 atom stereocenters. The summed E-state index contributed by atoms with van der Waals surface area (Å²) in [5.74, 6) is 1.11. The van der Waals surface area contributed by atoms with E-state index in [0.29, 0.717) is 6.04 Å². The average Bonchev–Trinajstić information content (AvgIpc) is 3.29. The summed E-state index contributed by atoms with van der Waals surface area (Å²) in [6, 6.07) is 11.3. The van der Waals surface area contributed by atoms with Crippen molar-refractivity contribution in [3.8, 4) is 0 Å². The number of aromatic nitrogens is 1. The number of benzene rings is 1. The maximum absolute atomic E-state index is 4.89. The van der Waals surface area contributed by atoms with E-state index in [-0.39, 0.29) is 0 Å². The maximum Gasteiger partial charge on any atom is 0.137 e. The Kier molecular flexibility index (Phi) is 3.70. The lowest BCUT2D eigenvalue weighted by atomic mass is 10.1. The van der Waals surface area contributed by atoms with Gasteiger partial charge in [-0.05, 0) is 31.3 Å². The number of nitrogens with zero attached hydrogens (tertiary/aromatic N) is 2. The minimum atomic E-state index is 0.633. The monoisotopic (exact) mass is 267 g/mol. The molecule has 1 aliphatic rings. The summed E-state index contributed by atoms with van der Waals surface area (Å²) in [6.45, 7) is 5.56. The molecule has 0 radical (unpaired) electrons. The van der Waals surface area contributed by atoms with Crippen molar-refractivity contribution < 1.29 is 0 Å². The van der Waals surface area contributed by atoms with Crippen LogP contribution < -0.4 is 10.2 Å². The van der Waals surface area contributed by atoms with Crippen LogP contribution in [0.5, 0.6) is 0 Å².